The van der Waals surface area contributed by atoms with Crippen molar-refractivity contribution < 1.29 is 4.74 Å². The lowest BCUT2D eigenvalue weighted by Crippen LogP contribution is -1.95. The summed E-state index contributed by atoms with van der Waals surface area (Å²) >= 11 is 5.19. The lowest BCUT2D eigenvalue weighted by atomic mass is 10.2. The summed E-state index contributed by atoms with van der Waals surface area (Å²) in [5.41, 5.74) is 1.28. The summed E-state index contributed by atoms with van der Waals surface area (Å²) in [5, 5.41) is 0.905. The Kier molecular flexibility index (Phi) is 9.99. The molecule has 0 N–H and O–H groups in total. The molecular formula is C23H25BrOS. The third-order valence-electron chi connectivity index (χ3n) is 3.57. The van der Waals surface area contributed by atoms with Gasteiger partial charge >= 0.3 is 0 Å². The zero-order valence-electron chi connectivity index (χ0n) is 15.1. The smallest absolute Gasteiger partial charge is 0.119 e. The van der Waals surface area contributed by atoms with E-state index in [0.717, 1.165) is 24.1 Å². The fourth-order valence-corrected chi connectivity index (χ4v) is 3.35. The lowest BCUT2D eigenvalue weighted by Gasteiger charge is -2.05. The Morgan fingerprint density at radius 2 is 1.31 bits per heavy atom. The van der Waals surface area contributed by atoms with Gasteiger partial charge in [-0.1, -0.05) is 89.6 Å². The Morgan fingerprint density at radius 3 is 1.77 bits per heavy atom. The fraction of sp³-hybridized carbons (Fsp3) is 0.217. The van der Waals surface area contributed by atoms with Crippen LogP contribution < -0.4 is 4.74 Å². The van der Waals surface area contributed by atoms with E-state index in [9.17, 15) is 0 Å². The molecule has 0 saturated carbocycles. The normalized spacial score (nSPS) is 9.92. The molecule has 26 heavy (non-hydrogen) atoms. The highest BCUT2D eigenvalue weighted by atomic mass is 79.9. The number of unbranched alkanes of at least 4 members (excludes halogenated alkanes) is 1. The van der Waals surface area contributed by atoms with Crippen LogP contribution in [0.5, 0.6) is 5.75 Å². The topological polar surface area (TPSA) is 9.23 Å². The molecule has 0 radical (unpaired) electrons. The number of rotatable bonds is 7. The number of hydrogen-bond acceptors (Lipinski definition) is 2. The van der Waals surface area contributed by atoms with E-state index < -0.39 is 0 Å². The van der Waals surface area contributed by atoms with Crippen LogP contribution in [0.4, 0.5) is 0 Å². The maximum absolute atomic E-state index is 5.53. The van der Waals surface area contributed by atoms with Crippen LogP contribution in [0.2, 0.25) is 0 Å². The number of ether oxygens (including phenoxy) is 1. The van der Waals surface area contributed by atoms with Crippen molar-refractivity contribution in [2.45, 2.75) is 34.9 Å². The monoisotopic (exact) mass is 428 g/mol. The summed E-state index contributed by atoms with van der Waals surface area (Å²) < 4.78 is 5.53. The maximum atomic E-state index is 5.53. The van der Waals surface area contributed by atoms with Crippen LogP contribution in [0, 0.1) is 0 Å². The van der Waals surface area contributed by atoms with Gasteiger partial charge in [-0.05, 0) is 48.4 Å². The summed E-state index contributed by atoms with van der Waals surface area (Å²) in [6.07, 6.45) is 2.31. The molecule has 0 amide bonds. The van der Waals surface area contributed by atoms with Gasteiger partial charge in [0.1, 0.15) is 5.75 Å². The van der Waals surface area contributed by atoms with Gasteiger partial charge in [0.25, 0.3) is 0 Å². The second-order valence-corrected chi connectivity index (χ2v) is 7.42. The van der Waals surface area contributed by atoms with Gasteiger partial charge < -0.3 is 4.74 Å². The lowest BCUT2D eigenvalue weighted by molar-refractivity contribution is 0.309. The number of benzene rings is 3. The van der Waals surface area contributed by atoms with Crippen molar-refractivity contribution in [3.8, 4) is 5.75 Å². The predicted molar refractivity (Wildman–Crippen MR) is 116 cm³/mol. The Labute approximate surface area is 169 Å². The largest absolute Gasteiger partial charge is 0.494 e. The quantitative estimate of drug-likeness (QED) is 0.283. The molecule has 0 fully saturated rings. The molecule has 3 aromatic rings. The standard InChI is InChI=1S/C12H10S.C11H15BrO/c1-3-7-11(8-4-1)13-12-9-5-2-6-10-12;1-2-3-8-13-11-6-4-10(9-12)5-7-11/h1-10H;4-7H,2-3,8-9H2,1H3. The van der Waals surface area contributed by atoms with Gasteiger partial charge in [0.05, 0.1) is 6.61 Å². The van der Waals surface area contributed by atoms with Crippen molar-refractivity contribution in [2.24, 2.45) is 0 Å². The number of halogens is 1. The Morgan fingerprint density at radius 1 is 0.769 bits per heavy atom. The van der Waals surface area contributed by atoms with E-state index in [1.54, 1.807) is 11.8 Å². The van der Waals surface area contributed by atoms with E-state index in [1.807, 2.05) is 24.3 Å². The second kappa shape index (κ2) is 12.6. The first-order valence-corrected chi connectivity index (χ1v) is 10.8. The first-order chi connectivity index (χ1) is 12.8. The molecular weight excluding hydrogens is 404 g/mol. The maximum Gasteiger partial charge on any atom is 0.119 e. The molecule has 3 rings (SSSR count). The average Bonchev–Trinajstić information content (AvgIpc) is 2.71. The predicted octanol–water partition coefficient (Wildman–Crippen LogP) is 7.60. The Bertz CT molecular complexity index is 677. The molecule has 0 atom stereocenters. The Hall–Kier alpha value is -1.71. The SMILES string of the molecule is CCCCOc1ccc(CBr)cc1.c1ccc(Sc2ccccc2)cc1. The summed E-state index contributed by atoms with van der Waals surface area (Å²) in [7, 11) is 0. The number of alkyl halides is 1. The average molecular weight is 429 g/mol. The van der Waals surface area contributed by atoms with E-state index in [0.29, 0.717) is 0 Å². The zero-order valence-corrected chi connectivity index (χ0v) is 17.5. The zero-order chi connectivity index (χ0) is 18.5. The van der Waals surface area contributed by atoms with Crippen molar-refractivity contribution in [2.75, 3.05) is 6.61 Å². The number of hydrogen-bond donors (Lipinski definition) is 0. The van der Waals surface area contributed by atoms with E-state index in [1.165, 1.54) is 21.8 Å². The van der Waals surface area contributed by atoms with Crippen LogP contribution in [0.1, 0.15) is 25.3 Å². The molecule has 0 aliphatic heterocycles. The summed E-state index contributed by atoms with van der Waals surface area (Å²) in [4.78, 5) is 2.57. The summed E-state index contributed by atoms with van der Waals surface area (Å²) in [6.45, 7) is 2.99. The van der Waals surface area contributed by atoms with E-state index in [2.05, 4.69) is 83.5 Å². The van der Waals surface area contributed by atoms with Gasteiger partial charge in [-0.25, -0.2) is 0 Å². The van der Waals surface area contributed by atoms with Crippen molar-refractivity contribution in [3.63, 3.8) is 0 Å². The van der Waals surface area contributed by atoms with E-state index in [4.69, 9.17) is 4.74 Å². The molecule has 0 aliphatic rings. The second-order valence-electron chi connectivity index (χ2n) is 5.71. The molecule has 3 aromatic carbocycles. The van der Waals surface area contributed by atoms with Crippen molar-refractivity contribution in [1.82, 2.24) is 0 Å². The molecule has 136 valence electrons. The van der Waals surface area contributed by atoms with Gasteiger partial charge in [-0.2, -0.15) is 0 Å². The minimum absolute atomic E-state index is 0.824. The van der Waals surface area contributed by atoms with Crippen molar-refractivity contribution >= 4 is 27.7 Å². The summed E-state index contributed by atoms with van der Waals surface area (Å²) in [5.74, 6) is 0.971. The van der Waals surface area contributed by atoms with Gasteiger partial charge in [0.15, 0.2) is 0 Å². The molecule has 0 spiro atoms. The molecule has 0 unspecified atom stereocenters. The highest BCUT2D eigenvalue weighted by molar-refractivity contribution is 9.08. The molecule has 0 heterocycles. The highest BCUT2D eigenvalue weighted by Crippen LogP contribution is 2.26. The van der Waals surface area contributed by atoms with E-state index in [-0.39, 0.29) is 0 Å². The van der Waals surface area contributed by atoms with Gasteiger partial charge in [-0.3, -0.25) is 0 Å². The van der Waals surface area contributed by atoms with Crippen LogP contribution in [0.15, 0.2) is 94.7 Å². The first kappa shape index (κ1) is 20.6. The summed E-state index contributed by atoms with van der Waals surface area (Å²) in [6, 6.07) is 29.0. The van der Waals surface area contributed by atoms with Gasteiger partial charge in [-0.15, -0.1) is 0 Å². The van der Waals surface area contributed by atoms with Crippen LogP contribution >= 0.6 is 27.7 Å². The molecule has 0 aliphatic carbocycles. The molecule has 0 aromatic heterocycles. The minimum Gasteiger partial charge on any atom is -0.494 e. The van der Waals surface area contributed by atoms with Gasteiger partial charge in [0, 0.05) is 15.1 Å². The molecule has 0 bridgehead atoms. The molecule has 0 saturated heterocycles. The first-order valence-electron chi connectivity index (χ1n) is 8.87. The van der Waals surface area contributed by atoms with Gasteiger partial charge in [0.2, 0.25) is 0 Å². The molecule has 1 nitrogen and oxygen atoms in total. The van der Waals surface area contributed by atoms with Crippen LogP contribution in [0.3, 0.4) is 0 Å². The van der Waals surface area contributed by atoms with Crippen molar-refractivity contribution in [1.29, 1.82) is 0 Å². The Balaban J connectivity index is 0.000000187. The molecule has 3 heteroatoms. The fourth-order valence-electron chi connectivity index (χ4n) is 2.12. The van der Waals surface area contributed by atoms with Crippen molar-refractivity contribution in [3.05, 3.63) is 90.5 Å². The third kappa shape index (κ3) is 8.11. The van der Waals surface area contributed by atoms with Crippen LogP contribution in [-0.2, 0) is 5.33 Å². The highest BCUT2D eigenvalue weighted by Gasteiger charge is 1.94. The van der Waals surface area contributed by atoms with Crippen LogP contribution in [0.25, 0.3) is 0 Å². The van der Waals surface area contributed by atoms with E-state index >= 15 is 0 Å². The third-order valence-corrected chi connectivity index (χ3v) is 5.23. The van der Waals surface area contributed by atoms with Crippen LogP contribution in [-0.4, -0.2) is 6.61 Å². The minimum atomic E-state index is 0.824.